The molecule has 0 heterocycles. The van der Waals surface area contributed by atoms with Crippen molar-refractivity contribution in [2.75, 3.05) is 25.7 Å². The van der Waals surface area contributed by atoms with Gasteiger partial charge in [-0.3, -0.25) is 0 Å². The van der Waals surface area contributed by atoms with Crippen molar-refractivity contribution >= 4 is 21.8 Å². The Bertz CT molecular complexity index is 546. The van der Waals surface area contributed by atoms with Crippen LogP contribution in [0.25, 0.3) is 0 Å². The van der Waals surface area contributed by atoms with Gasteiger partial charge in [-0.2, -0.15) is 11.8 Å². The molecule has 0 aromatic heterocycles. The molecule has 0 saturated heterocycles. The van der Waals surface area contributed by atoms with Crippen LogP contribution in [0.5, 0.6) is 0 Å². The summed E-state index contributed by atoms with van der Waals surface area (Å²) in [6.45, 7) is 3.43. The molecule has 1 aromatic carbocycles. The molecule has 0 bridgehead atoms. The zero-order valence-electron chi connectivity index (χ0n) is 13.4. The minimum Gasteiger partial charge on any atom is -0.395 e. The van der Waals surface area contributed by atoms with Gasteiger partial charge in [-0.25, -0.2) is 13.1 Å². The van der Waals surface area contributed by atoms with E-state index >= 15 is 0 Å². The van der Waals surface area contributed by atoms with Crippen LogP contribution in [0.1, 0.15) is 19.4 Å². The van der Waals surface area contributed by atoms with Crippen LogP contribution in [-0.2, 0) is 20.4 Å². The largest absolute Gasteiger partial charge is 0.395 e. The predicted octanol–water partition coefficient (Wildman–Crippen LogP) is 1.58. The lowest BCUT2D eigenvalue weighted by atomic mass is 9.98. The van der Waals surface area contributed by atoms with Gasteiger partial charge in [-0.1, -0.05) is 30.3 Å². The van der Waals surface area contributed by atoms with Gasteiger partial charge in [0.05, 0.1) is 12.4 Å². The molecule has 2 N–H and O–H groups in total. The molecule has 0 aliphatic rings. The third kappa shape index (κ3) is 5.24. The molecular formula is C15H25NO4S2. The fraction of sp³-hybridized carbons (Fsp3) is 0.600. The molecule has 0 spiro atoms. The summed E-state index contributed by atoms with van der Waals surface area (Å²) in [5, 5.41) is 9.09. The number of sulfonamides is 1. The zero-order chi connectivity index (χ0) is 16.8. The monoisotopic (exact) mass is 347 g/mol. The molecule has 7 heteroatoms. The molecule has 0 saturated carbocycles. The lowest BCUT2D eigenvalue weighted by Crippen LogP contribution is -2.46. The van der Waals surface area contributed by atoms with Crippen molar-refractivity contribution < 1.29 is 18.3 Å². The van der Waals surface area contributed by atoms with Gasteiger partial charge in [0.25, 0.3) is 0 Å². The fourth-order valence-corrected chi connectivity index (χ4v) is 4.79. The third-order valence-electron chi connectivity index (χ3n) is 3.71. The Labute approximate surface area is 137 Å². The number of benzene rings is 1. The summed E-state index contributed by atoms with van der Waals surface area (Å²) in [5.41, 5.74) is -0.125. The first-order chi connectivity index (χ1) is 10.3. The van der Waals surface area contributed by atoms with Crippen molar-refractivity contribution in [2.45, 2.75) is 30.7 Å². The van der Waals surface area contributed by atoms with E-state index in [1.165, 1.54) is 18.9 Å². The predicted molar refractivity (Wildman–Crippen MR) is 91.6 cm³/mol. The summed E-state index contributed by atoms with van der Waals surface area (Å²) < 4.78 is 33.0. The molecule has 1 rings (SSSR count). The molecule has 5 nitrogen and oxygen atoms in total. The summed E-state index contributed by atoms with van der Waals surface area (Å²) >= 11 is 1.43. The second kappa shape index (κ2) is 8.31. The Hall–Kier alpha value is -0.600. The van der Waals surface area contributed by atoms with E-state index in [1.807, 2.05) is 36.6 Å². The van der Waals surface area contributed by atoms with E-state index in [1.54, 1.807) is 13.8 Å². The topological polar surface area (TPSA) is 75.6 Å². The summed E-state index contributed by atoms with van der Waals surface area (Å²) in [5.74, 6) is -0.183. The summed E-state index contributed by atoms with van der Waals surface area (Å²) in [6, 6.07) is 8.91. The minimum absolute atomic E-state index is 0.0783. The van der Waals surface area contributed by atoms with Crippen LogP contribution in [0.3, 0.4) is 0 Å². The van der Waals surface area contributed by atoms with E-state index < -0.39 is 15.6 Å². The zero-order valence-corrected chi connectivity index (χ0v) is 15.1. The average molecular weight is 348 g/mol. The molecule has 0 fully saturated rings. The Kier molecular flexibility index (Phi) is 7.34. The van der Waals surface area contributed by atoms with Crippen molar-refractivity contribution in [3.05, 3.63) is 35.9 Å². The lowest BCUT2D eigenvalue weighted by Gasteiger charge is -2.30. The molecule has 0 aliphatic carbocycles. The van der Waals surface area contributed by atoms with Crippen LogP contribution >= 0.6 is 11.8 Å². The van der Waals surface area contributed by atoms with Crippen molar-refractivity contribution in [3.8, 4) is 0 Å². The van der Waals surface area contributed by atoms with Crippen LogP contribution in [0.2, 0.25) is 0 Å². The van der Waals surface area contributed by atoms with Crippen molar-refractivity contribution in [1.82, 2.24) is 4.72 Å². The SMILES string of the molecule is CO[C@](C)(CS(=O)(=O)N[C@@H](C)[C@@H](CO)SC)c1ccccc1. The van der Waals surface area contributed by atoms with Gasteiger partial charge in [-0.15, -0.1) is 0 Å². The van der Waals surface area contributed by atoms with E-state index in [9.17, 15) is 13.5 Å². The molecule has 0 radical (unpaired) electrons. The summed E-state index contributed by atoms with van der Waals surface area (Å²) in [6.07, 6.45) is 1.84. The molecule has 22 heavy (non-hydrogen) atoms. The second-order valence-corrected chi connectivity index (χ2v) is 8.25. The number of hydrogen-bond acceptors (Lipinski definition) is 5. The molecule has 0 unspecified atom stereocenters. The van der Waals surface area contributed by atoms with Gasteiger partial charge in [0, 0.05) is 18.4 Å². The van der Waals surface area contributed by atoms with E-state index in [-0.39, 0.29) is 23.7 Å². The first-order valence-electron chi connectivity index (χ1n) is 7.02. The van der Waals surface area contributed by atoms with Gasteiger partial charge in [0.15, 0.2) is 0 Å². The maximum Gasteiger partial charge on any atom is 0.215 e. The standard InChI is InChI=1S/C15H25NO4S2/c1-12(14(10-17)21-4)16-22(18,19)11-15(2,20-3)13-8-6-5-7-9-13/h5-9,12,14,16-17H,10-11H2,1-4H3/t12-,14+,15+/m0/s1. The Morgan fingerprint density at radius 1 is 1.36 bits per heavy atom. The number of hydrogen-bond donors (Lipinski definition) is 2. The first-order valence-corrected chi connectivity index (χ1v) is 9.96. The van der Waals surface area contributed by atoms with Crippen molar-refractivity contribution in [2.24, 2.45) is 0 Å². The lowest BCUT2D eigenvalue weighted by molar-refractivity contribution is 0.0220. The highest BCUT2D eigenvalue weighted by Crippen LogP contribution is 2.26. The van der Waals surface area contributed by atoms with Crippen molar-refractivity contribution in [3.63, 3.8) is 0 Å². The first kappa shape index (κ1) is 19.4. The highest BCUT2D eigenvalue weighted by atomic mass is 32.2. The number of methoxy groups -OCH3 is 1. The number of thioether (sulfide) groups is 1. The van der Waals surface area contributed by atoms with Crippen LogP contribution < -0.4 is 4.72 Å². The number of ether oxygens (including phenoxy) is 1. The van der Waals surface area contributed by atoms with Gasteiger partial charge >= 0.3 is 0 Å². The van der Waals surface area contributed by atoms with Crippen molar-refractivity contribution in [1.29, 1.82) is 0 Å². The second-order valence-electron chi connectivity index (χ2n) is 5.42. The van der Waals surface area contributed by atoms with E-state index in [2.05, 4.69) is 4.72 Å². The van der Waals surface area contributed by atoms with Crippen LogP contribution in [0.4, 0.5) is 0 Å². The van der Waals surface area contributed by atoms with Crippen LogP contribution in [-0.4, -0.2) is 50.5 Å². The average Bonchev–Trinajstić information content (AvgIpc) is 2.48. The van der Waals surface area contributed by atoms with Gasteiger partial charge in [-0.05, 0) is 25.7 Å². The third-order valence-corrected chi connectivity index (χ3v) is 6.53. The highest BCUT2D eigenvalue weighted by molar-refractivity contribution is 7.99. The maximum atomic E-state index is 12.4. The number of aliphatic hydroxyl groups is 1. The summed E-state index contributed by atoms with van der Waals surface area (Å²) in [4.78, 5) is 0. The Balaban J connectivity index is 2.90. The van der Waals surface area contributed by atoms with Crippen LogP contribution in [0.15, 0.2) is 30.3 Å². The normalized spacial score (nSPS) is 17.7. The smallest absolute Gasteiger partial charge is 0.215 e. The Morgan fingerprint density at radius 2 is 1.95 bits per heavy atom. The molecular weight excluding hydrogens is 322 g/mol. The van der Waals surface area contributed by atoms with Gasteiger partial charge in [0.1, 0.15) is 5.60 Å². The number of nitrogens with one attached hydrogen (secondary N) is 1. The molecule has 0 amide bonds. The summed E-state index contributed by atoms with van der Waals surface area (Å²) in [7, 11) is -2.06. The van der Waals surface area contributed by atoms with Gasteiger partial charge < -0.3 is 9.84 Å². The molecule has 0 aliphatic heterocycles. The fourth-order valence-electron chi connectivity index (χ4n) is 2.25. The van der Waals surface area contributed by atoms with Gasteiger partial charge in [0.2, 0.25) is 10.0 Å². The molecule has 3 atom stereocenters. The maximum absolute atomic E-state index is 12.4. The molecule has 126 valence electrons. The molecule has 1 aromatic rings. The van der Waals surface area contributed by atoms with E-state index in [0.29, 0.717) is 0 Å². The van der Waals surface area contributed by atoms with Crippen LogP contribution in [0, 0.1) is 0 Å². The number of aliphatic hydroxyl groups excluding tert-OH is 1. The minimum atomic E-state index is -3.56. The Morgan fingerprint density at radius 3 is 2.41 bits per heavy atom. The van der Waals surface area contributed by atoms with E-state index in [0.717, 1.165) is 5.56 Å². The van der Waals surface area contributed by atoms with E-state index in [4.69, 9.17) is 4.74 Å². The highest BCUT2D eigenvalue weighted by Gasteiger charge is 2.34. The quantitative estimate of drug-likeness (QED) is 0.709. The number of rotatable bonds is 9.